The fourth-order valence-electron chi connectivity index (χ4n) is 3.11. The highest BCUT2D eigenvalue weighted by Gasteiger charge is 2.06. The van der Waals surface area contributed by atoms with Crippen LogP contribution in [0.25, 0.3) is 21.9 Å². The van der Waals surface area contributed by atoms with Crippen LogP contribution < -0.4 is 5.56 Å². The third-order valence-electron chi connectivity index (χ3n) is 4.52. The molecule has 0 atom stereocenters. The molecule has 0 aliphatic rings. The molecule has 0 bridgehead atoms. The summed E-state index contributed by atoms with van der Waals surface area (Å²) in [4.78, 5) is 12.8. The lowest BCUT2D eigenvalue weighted by atomic mass is 10.0. The van der Waals surface area contributed by atoms with Crippen LogP contribution in [0.3, 0.4) is 0 Å². The molecule has 0 N–H and O–H groups in total. The molecule has 0 unspecified atom stereocenters. The van der Waals surface area contributed by atoms with Crippen molar-refractivity contribution in [2.75, 3.05) is 0 Å². The Morgan fingerprint density at radius 2 is 1.58 bits per heavy atom. The Kier molecular flexibility index (Phi) is 4.09. The van der Waals surface area contributed by atoms with Crippen LogP contribution in [0, 0.1) is 11.3 Å². The molecule has 1 heterocycles. The molecule has 0 radical (unpaired) electrons. The Hall–Kier alpha value is -3.64. The SMILES string of the molecule is N#Cc1ccc(-c2ccc3c(=O)n(Cc4ccccc4)ccc3c2)cc1. The second kappa shape index (κ2) is 6.70. The zero-order chi connectivity index (χ0) is 17.9. The molecule has 0 spiro atoms. The van der Waals surface area contributed by atoms with Gasteiger partial charge in [-0.2, -0.15) is 5.26 Å². The van der Waals surface area contributed by atoms with Crippen LogP contribution in [-0.4, -0.2) is 4.57 Å². The number of hydrogen-bond acceptors (Lipinski definition) is 2. The molecule has 0 saturated heterocycles. The summed E-state index contributed by atoms with van der Waals surface area (Å²) in [5.74, 6) is 0. The smallest absolute Gasteiger partial charge is 0.258 e. The van der Waals surface area contributed by atoms with E-state index in [-0.39, 0.29) is 5.56 Å². The van der Waals surface area contributed by atoms with Crippen LogP contribution in [0.4, 0.5) is 0 Å². The van der Waals surface area contributed by atoms with Crippen LogP contribution in [-0.2, 0) is 6.54 Å². The molecule has 0 aliphatic carbocycles. The van der Waals surface area contributed by atoms with Gasteiger partial charge in [0.15, 0.2) is 0 Å². The van der Waals surface area contributed by atoms with Crippen molar-refractivity contribution in [1.82, 2.24) is 4.57 Å². The molecule has 3 nitrogen and oxygen atoms in total. The lowest BCUT2D eigenvalue weighted by molar-refractivity contribution is 0.768. The van der Waals surface area contributed by atoms with Gasteiger partial charge in [0.25, 0.3) is 5.56 Å². The molecule has 4 aromatic rings. The van der Waals surface area contributed by atoms with E-state index in [2.05, 4.69) is 6.07 Å². The fourth-order valence-corrected chi connectivity index (χ4v) is 3.11. The first-order valence-electron chi connectivity index (χ1n) is 8.42. The molecule has 1 aromatic heterocycles. The van der Waals surface area contributed by atoms with E-state index in [1.54, 1.807) is 16.7 Å². The topological polar surface area (TPSA) is 45.8 Å². The van der Waals surface area contributed by atoms with Gasteiger partial charge in [0.05, 0.1) is 18.2 Å². The summed E-state index contributed by atoms with van der Waals surface area (Å²) < 4.78 is 1.74. The third kappa shape index (κ3) is 3.01. The number of benzene rings is 3. The number of rotatable bonds is 3. The minimum atomic E-state index is 0.0118. The van der Waals surface area contributed by atoms with Crippen molar-refractivity contribution < 1.29 is 0 Å². The number of nitrogens with zero attached hydrogens (tertiary/aromatic N) is 2. The van der Waals surface area contributed by atoms with E-state index in [0.717, 1.165) is 22.1 Å². The van der Waals surface area contributed by atoms with E-state index in [9.17, 15) is 4.79 Å². The predicted octanol–water partition coefficient (Wildman–Crippen LogP) is 4.59. The molecule has 124 valence electrons. The van der Waals surface area contributed by atoms with Gasteiger partial charge in [0.2, 0.25) is 0 Å². The highest BCUT2D eigenvalue weighted by atomic mass is 16.1. The van der Waals surface area contributed by atoms with Crippen molar-refractivity contribution in [3.63, 3.8) is 0 Å². The van der Waals surface area contributed by atoms with Gasteiger partial charge >= 0.3 is 0 Å². The highest BCUT2D eigenvalue weighted by molar-refractivity contribution is 5.86. The van der Waals surface area contributed by atoms with E-state index >= 15 is 0 Å². The summed E-state index contributed by atoms with van der Waals surface area (Å²) in [6.45, 7) is 0.562. The van der Waals surface area contributed by atoms with Gasteiger partial charge in [0, 0.05) is 11.6 Å². The lowest BCUT2D eigenvalue weighted by Crippen LogP contribution is -2.19. The van der Waals surface area contributed by atoms with Crippen LogP contribution in [0.15, 0.2) is 89.9 Å². The fraction of sp³-hybridized carbons (Fsp3) is 0.0435. The van der Waals surface area contributed by atoms with Gasteiger partial charge in [-0.15, -0.1) is 0 Å². The summed E-state index contributed by atoms with van der Waals surface area (Å²) in [5, 5.41) is 10.5. The maximum atomic E-state index is 12.8. The van der Waals surface area contributed by atoms with Gasteiger partial charge in [-0.05, 0) is 52.4 Å². The van der Waals surface area contributed by atoms with E-state index in [4.69, 9.17) is 5.26 Å². The minimum Gasteiger partial charge on any atom is -0.311 e. The molecule has 0 fully saturated rings. The standard InChI is InChI=1S/C23H16N2O/c24-15-17-6-8-19(9-7-17)20-10-11-22-21(14-20)12-13-25(23(22)26)16-18-4-2-1-3-5-18/h1-14H,16H2. The van der Waals surface area contributed by atoms with Gasteiger partial charge in [-0.3, -0.25) is 4.79 Å². The van der Waals surface area contributed by atoms with Crippen molar-refractivity contribution in [3.8, 4) is 17.2 Å². The van der Waals surface area contributed by atoms with Crippen molar-refractivity contribution in [1.29, 1.82) is 5.26 Å². The average Bonchev–Trinajstić information content (AvgIpc) is 2.71. The Morgan fingerprint density at radius 3 is 2.31 bits per heavy atom. The molecular formula is C23H16N2O. The van der Waals surface area contributed by atoms with Gasteiger partial charge < -0.3 is 4.57 Å². The highest BCUT2D eigenvalue weighted by Crippen LogP contribution is 2.23. The third-order valence-corrected chi connectivity index (χ3v) is 4.52. The summed E-state index contributed by atoms with van der Waals surface area (Å²) in [6.07, 6.45) is 1.85. The molecule has 0 aliphatic heterocycles. The molecule has 26 heavy (non-hydrogen) atoms. The summed E-state index contributed by atoms with van der Waals surface area (Å²) >= 11 is 0. The maximum Gasteiger partial charge on any atom is 0.258 e. The van der Waals surface area contributed by atoms with Crippen LogP contribution in [0.2, 0.25) is 0 Å². The zero-order valence-corrected chi connectivity index (χ0v) is 14.1. The first-order chi connectivity index (χ1) is 12.7. The quantitative estimate of drug-likeness (QED) is 0.549. The first kappa shape index (κ1) is 15.9. The number of hydrogen-bond donors (Lipinski definition) is 0. The minimum absolute atomic E-state index is 0.0118. The molecule has 0 amide bonds. The van der Waals surface area contributed by atoms with Gasteiger partial charge in [0.1, 0.15) is 0 Å². The zero-order valence-electron chi connectivity index (χ0n) is 14.1. The van der Waals surface area contributed by atoms with E-state index in [1.807, 2.05) is 72.9 Å². The Balaban J connectivity index is 1.72. The number of aromatic nitrogens is 1. The van der Waals surface area contributed by atoms with Crippen molar-refractivity contribution in [2.45, 2.75) is 6.54 Å². The molecule has 3 aromatic carbocycles. The normalized spacial score (nSPS) is 10.6. The summed E-state index contributed by atoms with van der Waals surface area (Å²) in [6, 6.07) is 27.4. The van der Waals surface area contributed by atoms with Crippen molar-refractivity contribution in [2.24, 2.45) is 0 Å². The summed E-state index contributed by atoms with van der Waals surface area (Å²) in [5.41, 5.74) is 3.81. The van der Waals surface area contributed by atoms with Crippen molar-refractivity contribution >= 4 is 10.8 Å². The van der Waals surface area contributed by atoms with Crippen molar-refractivity contribution in [3.05, 3.63) is 107 Å². The van der Waals surface area contributed by atoms with E-state index < -0.39 is 0 Å². The van der Waals surface area contributed by atoms with Crippen LogP contribution >= 0.6 is 0 Å². The second-order valence-electron chi connectivity index (χ2n) is 6.23. The average molecular weight is 336 g/mol. The lowest BCUT2D eigenvalue weighted by Gasteiger charge is -2.09. The maximum absolute atomic E-state index is 12.8. The summed E-state index contributed by atoms with van der Waals surface area (Å²) in [7, 11) is 0. The van der Waals surface area contributed by atoms with Gasteiger partial charge in [-0.1, -0.05) is 48.5 Å². The Morgan fingerprint density at radius 1 is 0.846 bits per heavy atom. The molecular weight excluding hydrogens is 320 g/mol. The Bertz CT molecular complexity index is 1170. The largest absolute Gasteiger partial charge is 0.311 e. The predicted molar refractivity (Wildman–Crippen MR) is 104 cm³/mol. The van der Waals surface area contributed by atoms with E-state index in [0.29, 0.717) is 17.5 Å². The monoisotopic (exact) mass is 336 g/mol. The van der Waals surface area contributed by atoms with Crippen LogP contribution in [0.5, 0.6) is 0 Å². The first-order valence-corrected chi connectivity index (χ1v) is 8.42. The molecule has 4 rings (SSSR count). The second-order valence-corrected chi connectivity index (χ2v) is 6.23. The Labute approximate surface area is 151 Å². The van der Waals surface area contributed by atoms with E-state index in [1.165, 1.54) is 0 Å². The van der Waals surface area contributed by atoms with Gasteiger partial charge in [-0.25, -0.2) is 0 Å². The molecule has 0 saturated carbocycles. The number of pyridine rings is 1. The molecule has 3 heteroatoms. The number of nitriles is 1. The number of fused-ring (bicyclic) bond motifs is 1. The van der Waals surface area contributed by atoms with Crippen LogP contribution in [0.1, 0.15) is 11.1 Å².